The molecule has 1 N–H and O–H groups in total. The molecule has 4 rings (SSSR count). The lowest BCUT2D eigenvalue weighted by molar-refractivity contribution is -0.120. The zero-order valence-corrected chi connectivity index (χ0v) is 19.1. The molecule has 0 aliphatic carbocycles. The van der Waals surface area contributed by atoms with Gasteiger partial charge < -0.3 is 14.8 Å². The molecule has 1 saturated heterocycles. The van der Waals surface area contributed by atoms with Crippen molar-refractivity contribution in [1.29, 1.82) is 0 Å². The van der Waals surface area contributed by atoms with Crippen molar-refractivity contribution >= 4 is 5.91 Å². The summed E-state index contributed by atoms with van der Waals surface area (Å²) in [6.07, 6.45) is 2.09. The van der Waals surface area contributed by atoms with Gasteiger partial charge in [-0.1, -0.05) is 35.9 Å². The summed E-state index contributed by atoms with van der Waals surface area (Å²) in [7, 11) is 0. The number of ether oxygens (including phenoxy) is 2. The molecule has 172 valence electrons. The van der Waals surface area contributed by atoms with E-state index in [1.165, 1.54) is 5.56 Å². The van der Waals surface area contributed by atoms with Gasteiger partial charge in [0, 0.05) is 37.9 Å². The van der Waals surface area contributed by atoms with Crippen molar-refractivity contribution in [3.63, 3.8) is 0 Å². The number of nitrogens with zero attached hydrogens (tertiary/aromatic N) is 2. The third-order valence-electron chi connectivity index (χ3n) is 5.69. The molecule has 0 atom stereocenters. The summed E-state index contributed by atoms with van der Waals surface area (Å²) in [5.74, 6) is 0.846. The molecule has 1 aliphatic heterocycles. The molecule has 0 spiro atoms. The van der Waals surface area contributed by atoms with E-state index < -0.39 is 0 Å². The van der Waals surface area contributed by atoms with Crippen molar-refractivity contribution < 1.29 is 14.3 Å². The van der Waals surface area contributed by atoms with Crippen LogP contribution in [0.15, 0.2) is 66.9 Å². The smallest absolute Gasteiger partial charge is 0.224 e. The van der Waals surface area contributed by atoms with Crippen molar-refractivity contribution in [2.75, 3.05) is 39.5 Å². The van der Waals surface area contributed by atoms with Crippen molar-refractivity contribution in [2.24, 2.45) is 0 Å². The van der Waals surface area contributed by atoms with Gasteiger partial charge >= 0.3 is 0 Å². The van der Waals surface area contributed by atoms with E-state index in [1.807, 2.05) is 61.5 Å². The lowest BCUT2D eigenvalue weighted by Crippen LogP contribution is -2.38. The molecule has 0 saturated carbocycles. The average molecular weight is 446 g/mol. The maximum atomic E-state index is 12.3. The second-order valence-corrected chi connectivity index (χ2v) is 8.32. The molecule has 2 aromatic carbocycles. The Morgan fingerprint density at radius 3 is 2.61 bits per heavy atom. The van der Waals surface area contributed by atoms with E-state index in [4.69, 9.17) is 9.47 Å². The topological polar surface area (TPSA) is 63.7 Å². The standard InChI is InChI=1S/C27H31N3O3/c1-21-3-2-4-22(17-21)20-29-27(31)18-23-5-10-26(28-19-23)24-6-8-25(9-7-24)33-16-13-30-11-14-32-15-12-30/h2-10,17,19H,11-16,18,20H2,1H3,(H,29,31). The number of aromatic nitrogens is 1. The van der Waals surface area contributed by atoms with Gasteiger partial charge in [-0.15, -0.1) is 0 Å². The van der Waals surface area contributed by atoms with Crippen LogP contribution >= 0.6 is 0 Å². The third-order valence-corrected chi connectivity index (χ3v) is 5.69. The fourth-order valence-electron chi connectivity index (χ4n) is 3.81. The van der Waals surface area contributed by atoms with Crippen LogP contribution in [0, 0.1) is 6.92 Å². The van der Waals surface area contributed by atoms with E-state index in [2.05, 4.69) is 21.3 Å². The quantitative estimate of drug-likeness (QED) is 0.545. The Kier molecular flexibility index (Phi) is 8.06. The van der Waals surface area contributed by atoms with Gasteiger partial charge in [0.25, 0.3) is 0 Å². The zero-order chi connectivity index (χ0) is 22.9. The molecule has 3 aromatic rings. The first-order valence-electron chi connectivity index (χ1n) is 11.5. The maximum absolute atomic E-state index is 12.3. The molecule has 2 heterocycles. The predicted octanol–water partition coefficient (Wildman–Crippen LogP) is 3.63. The molecule has 1 amide bonds. The molecule has 33 heavy (non-hydrogen) atoms. The monoisotopic (exact) mass is 445 g/mol. The Hall–Kier alpha value is -3.22. The van der Waals surface area contributed by atoms with E-state index >= 15 is 0 Å². The van der Waals surface area contributed by atoms with Crippen molar-refractivity contribution in [1.82, 2.24) is 15.2 Å². The zero-order valence-electron chi connectivity index (χ0n) is 19.1. The minimum absolute atomic E-state index is 0.00960. The van der Waals surface area contributed by atoms with Gasteiger partial charge in [-0.05, 0) is 48.4 Å². The Balaban J connectivity index is 1.23. The largest absolute Gasteiger partial charge is 0.492 e. The number of hydrogen-bond donors (Lipinski definition) is 1. The van der Waals surface area contributed by atoms with E-state index in [0.29, 0.717) is 19.6 Å². The summed E-state index contributed by atoms with van der Waals surface area (Å²) >= 11 is 0. The van der Waals surface area contributed by atoms with E-state index in [-0.39, 0.29) is 5.91 Å². The number of benzene rings is 2. The van der Waals surface area contributed by atoms with Crippen LogP contribution in [0.4, 0.5) is 0 Å². The summed E-state index contributed by atoms with van der Waals surface area (Å²) in [6, 6.07) is 20.0. The first-order chi connectivity index (χ1) is 16.2. The number of aryl methyl sites for hydroxylation is 1. The van der Waals surface area contributed by atoms with Gasteiger partial charge in [0.15, 0.2) is 0 Å². The van der Waals surface area contributed by atoms with E-state index in [9.17, 15) is 4.79 Å². The molecular formula is C27H31N3O3. The first-order valence-corrected chi connectivity index (χ1v) is 11.5. The summed E-state index contributed by atoms with van der Waals surface area (Å²) in [5, 5.41) is 2.97. The van der Waals surface area contributed by atoms with Crippen LogP contribution in [-0.4, -0.2) is 55.2 Å². The number of pyridine rings is 1. The fourth-order valence-corrected chi connectivity index (χ4v) is 3.81. The van der Waals surface area contributed by atoms with Crippen LogP contribution in [0.3, 0.4) is 0 Å². The Morgan fingerprint density at radius 2 is 1.88 bits per heavy atom. The van der Waals surface area contributed by atoms with Gasteiger partial charge in [0.2, 0.25) is 5.91 Å². The van der Waals surface area contributed by atoms with Crippen LogP contribution in [0.5, 0.6) is 5.75 Å². The number of rotatable bonds is 9. The Labute approximate surface area is 195 Å². The molecule has 0 bridgehead atoms. The van der Waals surface area contributed by atoms with Gasteiger partial charge in [-0.25, -0.2) is 0 Å². The van der Waals surface area contributed by atoms with Crippen molar-refractivity contribution in [3.05, 3.63) is 83.6 Å². The van der Waals surface area contributed by atoms with Gasteiger partial charge in [0.1, 0.15) is 12.4 Å². The maximum Gasteiger partial charge on any atom is 0.224 e. The second kappa shape index (κ2) is 11.6. The molecule has 6 heteroatoms. The number of amides is 1. The highest BCUT2D eigenvalue weighted by Crippen LogP contribution is 2.21. The summed E-state index contributed by atoms with van der Waals surface area (Å²) in [5.41, 5.74) is 5.08. The lowest BCUT2D eigenvalue weighted by Gasteiger charge is -2.26. The molecule has 1 aliphatic rings. The molecule has 1 aromatic heterocycles. The van der Waals surface area contributed by atoms with E-state index in [1.54, 1.807) is 6.20 Å². The molecule has 1 fully saturated rings. The van der Waals surface area contributed by atoms with E-state index in [0.717, 1.165) is 61.0 Å². The normalized spacial score (nSPS) is 14.1. The SMILES string of the molecule is Cc1cccc(CNC(=O)Cc2ccc(-c3ccc(OCCN4CCOCC4)cc3)nc2)c1. The highest BCUT2D eigenvalue weighted by atomic mass is 16.5. The number of hydrogen-bond acceptors (Lipinski definition) is 5. The summed E-state index contributed by atoms with van der Waals surface area (Å²) < 4.78 is 11.2. The number of morpholine rings is 1. The van der Waals surface area contributed by atoms with Crippen LogP contribution in [0.1, 0.15) is 16.7 Å². The minimum Gasteiger partial charge on any atom is -0.492 e. The van der Waals surface area contributed by atoms with Crippen molar-refractivity contribution in [3.8, 4) is 17.0 Å². The number of carbonyl (C=O) groups excluding carboxylic acids is 1. The van der Waals surface area contributed by atoms with Gasteiger partial charge in [-0.2, -0.15) is 0 Å². The van der Waals surface area contributed by atoms with Gasteiger partial charge in [-0.3, -0.25) is 14.7 Å². The molecule has 0 radical (unpaired) electrons. The Bertz CT molecular complexity index is 1030. The van der Waals surface area contributed by atoms with Crippen LogP contribution in [0.25, 0.3) is 11.3 Å². The van der Waals surface area contributed by atoms with Crippen LogP contribution in [0.2, 0.25) is 0 Å². The predicted molar refractivity (Wildman–Crippen MR) is 129 cm³/mol. The lowest BCUT2D eigenvalue weighted by atomic mass is 10.1. The van der Waals surface area contributed by atoms with Crippen LogP contribution < -0.4 is 10.1 Å². The summed E-state index contributed by atoms with van der Waals surface area (Å²) in [6.45, 7) is 7.71. The van der Waals surface area contributed by atoms with Crippen molar-refractivity contribution in [2.45, 2.75) is 19.9 Å². The van der Waals surface area contributed by atoms with Crippen LogP contribution in [-0.2, 0) is 22.5 Å². The second-order valence-electron chi connectivity index (χ2n) is 8.32. The third kappa shape index (κ3) is 7.14. The number of carbonyl (C=O) groups is 1. The Morgan fingerprint density at radius 1 is 1.06 bits per heavy atom. The molecule has 0 unspecified atom stereocenters. The first kappa shape index (κ1) is 23.0. The fraction of sp³-hybridized carbons (Fsp3) is 0.333. The minimum atomic E-state index is -0.00960. The highest BCUT2D eigenvalue weighted by molar-refractivity contribution is 5.78. The molecule has 6 nitrogen and oxygen atoms in total. The van der Waals surface area contributed by atoms with Gasteiger partial charge in [0.05, 0.1) is 25.3 Å². The highest BCUT2D eigenvalue weighted by Gasteiger charge is 2.10. The summed E-state index contributed by atoms with van der Waals surface area (Å²) in [4.78, 5) is 19.2. The number of nitrogens with one attached hydrogen (secondary N) is 1. The average Bonchev–Trinajstić information content (AvgIpc) is 2.85. The molecular weight excluding hydrogens is 414 g/mol.